The van der Waals surface area contributed by atoms with E-state index in [1.165, 1.54) is 24.3 Å². The van der Waals surface area contributed by atoms with Gasteiger partial charge in [-0.1, -0.05) is 48.9 Å². The van der Waals surface area contributed by atoms with Crippen molar-refractivity contribution in [3.05, 3.63) is 105 Å². The summed E-state index contributed by atoms with van der Waals surface area (Å²) in [4.78, 5) is 25.9. The first kappa shape index (κ1) is 21.1. The monoisotopic (exact) mass is 434 g/mol. The van der Waals surface area contributed by atoms with E-state index in [2.05, 4.69) is 26.8 Å². The Bertz CT molecular complexity index is 1160. The molecule has 0 spiro atoms. The van der Waals surface area contributed by atoms with Gasteiger partial charge in [0.2, 0.25) is 0 Å². The van der Waals surface area contributed by atoms with Crippen LogP contribution in [0.15, 0.2) is 72.8 Å². The Hall–Kier alpha value is -3.18. The average Bonchev–Trinajstić information content (AvgIpc) is 2.73. The number of carbonyl (C=O) groups excluding carboxylic acids is 1. The van der Waals surface area contributed by atoms with Gasteiger partial charge in [-0.3, -0.25) is 14.9 Å². The van der Waals surface area contributed by atoms with Crippen LogP contribution < -0.4 is 4.90 Å². The van der Waals surface area contributed by atoms with Crippen LogP contribution in [0.1, 0.15) is 48.7 Å². The zero-order chi connectivity index (χ0) is 22.4. The zero-order valence-electron chi connectivity index (χ0n) is 17.6. The van der Waals surface area contributed by atoms with Gasteiger partial charge >= 0.3 is 0 Å². The van der Waals surface area contributed by atoms with E-state index in [-0.39, 0.29) is 17.0 Å². The van der Waals surface area contributed by atoms with E-state index >= 15 is 0 Å². The Labute approximate surface area is 186 Å². The molecule has 1 aliphatic rings. The van der Waals surface area contributed by atoms with Crippen LogP contribution in [0.5, 0.6) is 0 Å². The van der Waals surface area contributed by atoms with Crippen LogP contribution in [0.2, 0.25) is 5.02 Å². The fraction of sp³-hybridized carbons (Fsp3) is 0.240. The first-order chi connectivity index (χ1) is 14.6. The summed E-state index contributed by atoms with van der Waals surface area (Å²) in [6.45, 7) is 6.31. The second-order valence-electron chi connectivity index (χ2n) is 8.79. The van der Waals surface area contributed by atoms with Gasteiger partial charge in [-0.25, -0.2) is 0 Å². The Balaban J connectivity index is 1.83. The predicted octanol–water partition coefficient (Wildman–Crippen LogP) is 6.38. The van der Waals surface area contributed by atoms with E-state index in [1.807, 2.05) is 47.4 Å². The molecule has 0 aliphatic carbocycles. The van der Waals surface area contributed by atoms with Crippen LogP contribution in [0.4, 0.5) is 11.4 Å². The molecule has 5 nitrogen and oxygen atoms in total. The highest BCUT2D eigenvalue weighted by molar-refractivity contribution is 6.30. The zero-order valence-corrected chi connectivity index (χ0v) is 18.4. The second kappa shape index (κ2) is 7.50. The Morgan fingerprint density at radius 3 is 2.19 bits per heavy atom. The van der Waals surface area contributed by atoms with Gasteiger partial charge in [0.15, 0.2) is 0 Å². The maximum absolute atomic E-state index is 13.6. The second-order valence-corrected chi connectivity index (χ2v) is 9.23. The number of para-hydroxylation sites is 1. The normalized spacial score (nSPS) is 19.5. The van der Waals surface area contributed by atoms with Crippen molar-refractivity contribution in [3.63, 3.8) is 0 Å². The first-order valence-electron chi connectivity index (χ1n) is 10.1. The summed E-state index contributed by atoms with van der Waals surface area (Å²) in [6, 6.07) is 21.6. The molecule has 3 aromatic rings. The van der Waals surface area contributed by atoms with Gasteiger partial charge in [-0.05, 0) is 61.7 Å². The molecule has 1 heterocycles. The summed E-state index contributed by atoms with van der Waals surface area (Å²) in [7, 11) is 0. The number of halogens is 1. The molecule has 0 unspecified atom stereocenters. The molecule has 1 amide bonds. The summed E-state index contributed by atoms with van der Waals surface area (Å²) in [5, 5.41) is 11.7. The van der Waals surface area contributed by atoms with Crippen molar-refractivity contribution < 1.29 is 9.72 Å². The molecular formula is C25H23ClN2O3. The van der Waals surface area contributed by atoms with E-state index in [1.54, 1.807) is 0 Å². The Morgan fingerprint density at radius 1 is 0.968 bits per heavy atom. The minimum absolute atomic E-state index is 0.0369. The fourth-order valence-corrected chi connectivity index (χ4v) is 4.94. The maximum Gasteiger partial charge on any atom is 0.269 e. The third-order valence-electron chi connectivity index (χ3n) is 6.14. The fourth-order valence-electron chi connectivity index (χ4n) is 4.82. The number of nitrogens with zero attached hydrogens (tertiary/aromatic N) is 2. The molecule has 6 heteroatoms. The molecule has 0 N–H and O–H groups in total. The third kappa shape index (κ3) is 3.59. The number of nitro groups is 1. The molecule has 0 saturated carbocycles. The molecule has 0 bridgehead atoms. The standard InChI is InChI=1S/C25H23ClN2O3/c1-24(2)16-25(3,18-10-12-19(26)13-11-18)21-6-4-5-7-22(21)27(24)23(29)17-8-14-20(15-9-17)28(30)31/h4-15H,16H2,1-3H3/t25-/m0/s1. The van der Waals surface area contributed by atoms with Gasteiger partial charge in [-0.2, -0.15) is 0 Å². The Morgan fingerprint density at radius 2 is 1.58 bits per heavy atom. The quantitative estimate of drug-likeness (QED) is 0.354. The Kier molecular flexibility index (Phi) is 5.10. The van der Waals surface area contributed by atoms with Gasteiger partial charge in [0.1, 0.15) is 0 Å². The number of nitro benzene ring substituents is 1. The summed E-state index contributed by atoms with van der Waals surface area (Å²) in [5.41, 5.74) is 2.62. The van der Waals surface area contributed by atoms with Gasteiger partial charge < -0.3 is 4.90 Å². The highest BCUT2D eigenvalue weighted by Gasteiger charge is 2.47. The van der Waals surface area contributed by atoms with Crippen molar-refractivity contribution >= 4 is 28.9 Å². The minimum atomic E-state index is -0.498. The lowest BCUT2D eigenvalue weighted by Gasteiger charge is -2.51. The van der Waals surface area contributed by atoms with Gasteiger partial charge in [0, 0.05) is 39.4 Å². The number of rotatable bonds is 3. The molecule has 4 rings (SSSR count). The summed E-state index contributed by atoms with van der Waals surface area (Å²) in [5.74, 6) is -0.175. The first-order valence-corrected chi connectivity index (χ1v) is 10.5. The average molecular weight is 435 g/mol. The molecule has 3 aromatic carbocycles. The van der Waals surface area contributed by atoms with Crippen LogP contribution in [-0.4, -0.2) is 16.4 Å². The SMILES string of the molecule is CC1(C)C[C@@](C)(c2ccc(Cl)cc2)c2ccccc2N1C(=O)c1ccc([N+](=O)[O-])cc1. The van der Waals surface area contributed by atoms with Crippen molar-refractivity contribution in [3.8, 4) is 0 Å². The number of hydrogen-bond donors (Lipinski definition) is 0. The van der Waals surface area contributed by atoms with Crippen molar-refractivity contribution in [1.82, 2.24) is 0 Å². The molecule has 0 saturated heterocycles. The molecule has 1 atom stereocenters. The number of anilines is 1. The highest BCUT2D eigenvalue weighted by Crippen LogP contribution is 2.50. The number of amides is 1. The van der Waals surface area contributed by atoms with Crippen molar-refractivity contribution in [2.45, 2.75) is 38.1 Å². The van der Waals surface area contributed by atoms with Crippen LogP contribution in [0.3, 0.4) is 0 Å². The summed E-state index contributed by atoms with van der Waals surface area (Å²) < 4.78 is 0. The molecular weight excluding hydrogens is 412 g/mol. The molecule has 158 valence electrons. The summed E-state index contributed by atoms with van der Waals surface area (Å²) in [6.07, 6.45) is 0.706. The van der Waals surface area contributed by atoms with E-state index in [0.717, 1.165) is 16.8 Å². The molecule has 1 aliphatic heterocycles. The van der Waals surface area contributed by atoms with Gasteiger partial charge in [0.25, 0.3) is 11.6 Å². The van der Waals surface area contributed by atoms with Crippen LogP contribution in [-0.2, 0) is 5.41 Å². The van der Waals surface area contributed by atoms with Crippen LogP contribution in [0, 0.1) is 10.1 Å². The van der Waals surface area contributed by atoms with Crippen molar-refractivity contribution in [2.75, 3.05) is 4.90 Å². The molecule has 0 radical (unpaired) electrons. The molecule has 0 aromatic heterocycles. The number of hydrogen-bond acceptors (Lipinski definition) is 3. The minimum Gasteiger partial charge on any atom is -0.302 e. The highest BCUT2D eigenvalue weighted by atomic mass is 35.5. The topological polar surface area (TPSA) is 63.5 Å². The number of benzene rings is 3. The number of non-ortho nitro benzene ring substituents is 1. The molecule has 0 fully saturated rings. The van der Waals surface area contributed by atoms with Crippen LogP contribution >= 0.6 is 11.6 Å². The summed E-state index contributed by atoms with van der Waals surface area (Å²) >= 11 is 6.12. The molecule has 31 heavy (non-hydrogen) atoms. The van der Waals surface area contributed by atoms with Crippen LogP contribution in [0.25, 0.3) is 0 Å². The van der Waals surface area contributed by atoms with E-state index in [4.69, 9.17) is 11.6 Å². The maximum atomic E-state index is 13.6. The smallest absolute Gasteiger partial charge is 0.269 e. The largest absolute Gasteiger partial charge is 0.302 e. The number of fused-ring (bicyclic) bond motifs is 1. The van der Waals surface area contributed by atoms with Gasteiger partial charge in [-0.15, -0.1) is 0 Å². The lowest BCUT2D eigenvalue weighted by Crippen LogP contribution is -2.55. The van der Waals surface area contributed by atoms with Gasteiger partial charge in [0.05, 0.1) is 4.92 Å². The lowest BCUT2D eigenvalue weighted by molar-refractivity contribution is -0.384. The third-order valence-corrected chi connectivity index (χ3v) is 6.39. The van der Waals surface area contributed by atoms with Crippen molar-refractivity contribution in [2.24, 2.45) is 0 Å². The lowest BCUT2D eigenvalue weighted by atomic mass is 9.65. The predicted molar refractivity (Wildman–Crippen MR) is 123 cm³/mol. The van der Waals surface area contributed by atoms with E-state index in [0.29, 0.717) is 17.0 Å². The van der Waals surface area contributed by atoms with E-state index < -0.39 is 10.5 Å². The number of carbonyl (C=O) groups is 1. The van der Waals surface area contributed by atoms with E-state index in [9.17, 15) is 14.9 Å². The van der Waals surface area contributed by atoms with Crippen molar-refractivity contribution in [1.29, 1.82) is 0 Å².